The summed E-state index contributed by atoms with van der Waals surface area (Å²) in [5.41, 5.74) is 0.790. The molecule has 42 heavy (non-hydrogen) atoms. The summed E-state index contributed by atoms with van der Waals surface area (Å²) >= 11 is 6.05. The smallest absolute Gasteiger partial charge is 0.257 e. The van der Waals surface area contributed by atoms with Crippen molar-refractivity contribution in [3.05, 3.63) is 47.7 Å². The van der Waals surface area contributed by atoms with E-state index in [1.54, 1.807) is 38.2 Å². The fourth-order valence-corrected chi connectivity index (χ4v) is 4.88. The van der Waals surface area contributed by atoms with Crippen molar-refractivity contribution in [2.24, 2.45) is 5.41 Å². The van der Waals surface area contributed by atoms with Gasteiger partial charge in [-0.3, -0.25) is 14.4 Å². The molecule has 12 heteroatoms. The second-order valence-electron chi connectivity index (χ2n) is 11.4. The number of halogens is 1. The fourth-order valence-electron chi connectivity index (χ4n) is 4.75. The van der Waals surface area contributed by atoms with Crippen LogP contribution < -0.4 is 30.9 Å². The zero-order valence-electron chi connectivity index (χ0n) is 24.7. The molecule has 0 radical (unpaired) electrons. The number of hydrogen-bond donors (Lipinski definition) is 4. The molecule has 1 saturated heterocycles. The lowest BCUT2D eigenvalue weighted by Crippen LogP contribution is -2.60. The van der Waals surface area contributed by atoms with Gasteiger partial charge in [-0.2, -0.15) is 0 Å². The lowest BCUT2D eigenvalue weighted by Gasteiger charge is -2.36. The predicted octanol–water partition coefficient (Wildman–Crippen LogP) is 3.79. The normalized spacial score (nSPS) is 16.5. The third-order valence-electron chi connectivity index (χ3n) is 7.31. The number of ether oxygens (including phenoxy) is 1. The Labute approximate surface area is 250 Å². The van der Waals surface area contributed by atoms with Crippen LogP contribution in [0.1, 0.15) is 40.5 Å². The third kappa shape index (κ3) is 6.80. The summed E-state index contributed by atoms with van der Waals surface area (Å²) in [6, 6.07) is 8.35. The van der Waals surface area contributed by atoms with Crippen molar-refractivity contribution in [2.75, 3.05) is 30.9 Å². The van der Waals surface area contributed by atoms with Crippen molar-refractivity contribution < 1.29 is 19.1 Å². The minimum Gasteiger partial charge on any atom is -0.494 e. The topological polar surface area (TPSA) is 138 Å². The van der Waals surface area contributed by atoms with Crippen LogP contribution in [-0.2, 0) is 14.4 Å². The number of rotatable bonds is 9. The molecular weight excluding hydrogens is 558 g/mol. The highest BCUT2D eigenvalue weighted by Gasteiger charge is 2.42. The van der Waals surface area contributed by atoms with E-state index in [4.69, 9.17) is 16.3 Å². The van der Waals surface area contributed by atoms with Gasteiger partial charge in [0.05, 0.1) is 30.4 Å². The van der Waals surface area contributed by atoms with E-state index in [0.29, 0.717) is 34.7 Å². The van der Waals surface area contributed by atoms with E-state index in [1.165, 1.54) is 13.4 Å². The maximum Gasteiger partial charge on any atom is 0.257 e. The first-order valence-corrected chi connectivity index (χ1v) is 14.3. The van der Waals surface area contributed by atoms with Crippen molar-refractivity contribution in [2.45, 2.75) is 58.7 Å². The molecular formula is C30H38ClN7O4. The first kappa shape index (κ1) is 31.1. The Kier molecular flexibility index (Phi) is 9.65. The van der Waals surface area contributed by atoms with Gasteiger partial charge < -0.3 is 26.0 Å². The van der Waals surface area contributed by atoms with Gasteiger partial charge in [0.1, 0.15) is 23.9 Å². The maximum atomic E-state index is 14.5. The highest BCUT2D eigenvalue weighted by molar-refractivity contribution is 6.30. The van der Waals surface area contributed by atoms with Crippen molar-refractivity contribution >= 4 is 57.4 Å². The molecule has 3 amide bonds. The Bertz CT molecular complexity index is 1450. The van der Waals surface area contributed by atoms with Crippen LogP contribution >= 0.6 is 11.6 Å². The van der Waals surface area contributed by atoms with E-state index >= 15 is 0 Å². The number of anilines is 3. The van der Waals surface area contributed by atoms with Crippen LogP contribution in [0.15, 0.2) is 42.7 Å². The van der Waals surface area contributed by atoms with Gasteiger partial charge in [-0.05, 0) is 69.1 Å². The van der Waals surface area contributed by atoms with Gasteiger partial charge in [-0.25, -0.2) is 14.9 Å². The number of benzene rings is 2. The predicted molar refractivity (Wildman–Crippen MR) is 164 cm³/mol. The van der Waals surface area contributed by atoms with Gasteiger partial charge in [0.15, 0.2) is 0 Å². The Balaban J connectivity index is 1.86. The zero-order valence-corrected chi connectivity index (χ0v) is 25.5. The van der Waals surface area contributed by atoms with Gasteiger partial charge in [-0.15, -0.1) is 0 Å². The summed E-state index contributed by atoms with van der Waals surface area (Å²) in [5.74, 6) is -0.607. The first-order valence-electron chi connectivity index (χ1n) is 13.9. The average Bonchev–Trinajstić information content (AvgIpc) is 3.51. The van der Waals surface area contributed by atoms with Crippen LogP contribution in [0.2, 0.25) is 5.02 Å². The summed E-state index contributed by atoms with van der Waals surface area (Å²) in [6.07, 6.45) is 2.80. The molecule has 0 bridgehead atoms. The lowest BCUT2D eigenvalue weighted by molar-refractivity contribution is -0.134. The van der Waals surface area contributed by atoms with Crippen LogP contribution in [0.3, 0.4) is 0 Å². The van der Waals surface area contributed by atoms with Crippen LogP contribution in [-0.4, -0.2) is 66.5 Å². The SMILES string of the molecule is CN[C@@H](C)C(=O)N[C@H](C(=O)N(C(=O)[C@@H]1CCCN1)c1cc2c(Nc3ccc(Cl)cc3)ncnc2cc1OC)C(C)(C)C. The number of methoxy groups -OCH3 is 1. The molecule has 0 unspecified atom stereocenters. The third-order valence-corrected chi connectivity index (χ3v) is 7.56. The minimum atomic E-state index is -1.02. The Morgan fingerprint density at radius 2 is 1.86 bits per heavy atom. The van der Waals surface area contributed by atoms with Crippen molar-refractivity contribution in [1.82, 2.24) is 25.9 Å². The number of nitrogens with zero attached hydrogens (tertiary/aromatic N) is 3. The Morgan fingerprint density at radius 3 is 2.45 bits per heavy atom. The average molecular weight is 596 g/mol. The van der Waals surface area contributed by atoms with E-state index in [1.807, 2.05) is 32.9 Å². The molecule has 1 fully saturated rings. The first-order chi connectivity index (χ1) is 19.9. The number of carbonyl (C=O) groups is 3. The van der Waals surface area contributed by atoms with Crippen molar-refractivity contribution in [3.63, 3.8) is 0 Å². The summed E-state index contributed by atoms with van der Waals surface area (Å²) in [7, 11) is 3.13. The van der Waals surface area contributed by atoms with Crippen LogP contribution in [0.25, 0.3) is 10.9 Å². The van der Waals surface area contributed by atoms with Gasteiger partial charge in [0, 0.05) is 22.2 Å². The molecule has 4 N–H and O–H groups in total. The van der Waals surface area contributed by atoms with Crippen LogP contribution in [0.4, 0.5) is 17.2 Å². The molecule has 11 nitrogen and oxygen atoms in total. The van der Waals surface area contributed by atoms with E-state index in [9.17, 15) is 14.4 Å². The Hall–Kier alpha value is -3.80. The highest BCUT2D eigenvalue weighted by Crippen LogP contribution is 2.37. The molecule has 0 spiro atoms. The molecule has 0 aliphatic carbocycles. The van der Waals surface area contributed by atoms with Gasteiger partial charge in [0.2, 0.25) is 5.91 Å². The van der Waals surface area contributed by atoms with Gasteiger partial charge >= 0.3 is 0 Å². The second kappa shape index (κ2) is 13.0. The fraction of sp³-hybridized carbons (Fsp3) is 0.433. The number of aromatic nitrogens is 2. The highest BCUT2D eigenvalue weighted by atomic mass is 35.5. The van der Waals surface area contributed by atoms with Crippen LogP contribution in [0, 0.1) is 5.41 Å². The summed E-state index contributed by atoms with van der Waals surface area (Å²) < 4.78 is 5.71. The number of likely N-dealkylation sites (N-methyl/N-ethyl adjacent to an activating group) is 1. The summed E-state index contributed by atoms with van der Waals surface area (Å²) in [5, 5.41) is 13.4. The molecule has 2 heterocycles. The van der Waals surface area contributed by atoms with E-state index in [2.05, 4.69) is 31.2 Å². The lowest BCUT2D eigenvalue weighted by atomic mass is 9.85. The molecule has 2 aromatic carbocycles. The summed E-state index contributed by atoms with van der Waals surface area (Å²) in [4.78, 5) is 51.5. The van der Waals surface area contributed by atoms with Gasteiger partial charge in [0.25, 0.3) is 11.8 Å². The molecule has 1 aromatic heterocycles. The molecule has 4 rings (SSSR count). The molecule has 1 aliphatic heterocycles. The quantitative estimate of drug-likeness (QED) is 0.291. The maximum absolute atomic E-state index is 14.5. The number of fused-ring (bicyclic) bond motifs is 1. The number of carbonyl (C=O) groups excluding carboxylic acids is 3. The zero-order chi connectivity index (χ0) is 30.6. The van der Waals surface area contributed by atoms with Crippen LogP contribution in [0.5, 0.6) is 5.75 Å². The van der Waals surface area contributed by atoms with E-state index < -0.39 is 35.4 Å². The van der Waals surface area contributed by atoms with Gasteiger partial charge in [-0.1, -0.05) is 32.4 Å². The molecule has 3 aromatic rings. The largest absolute Gasteiger partial charge is 0.494 e. The number of imide groups is 1. The molecule has 1 aliphatic rings. The minimum absolute atomic E-state index is 0.229. The van der Waals surface area contributed by atoms with Crippen molar-refractivity contribution in [3.8, 4) is 5.75 Å². The monoisotopic (exact) mass is 595 g/mol. The second-order valence-corrected chi connectivity index (χ2v) is 11.8. The van der Waals surface area contributed by atoms with E-state index in [-0.39, 0.29) is 17.3 Å². The molecule has 224 valence electrons. The standard InChI is InChI=1S/C30H38ClN7O4/c1-17(32-5)27(39)37-25(30(2,3)4)29(41)38(28(40)21-8-7-13-33-21)23-14-20-22(15-24(23)42-6)34-16-35-26(20)36-19-11-9-18(31)10-12-19/h9-12,14-17,21,25,32-33H,7-8,13H2,1-6H3,(H,37,39)(H,34,35,36)/t17-,21-,25+/m0/s1. The summed E-state index contributed by atoms with van der Waals surface area (Å²) in [6.45, 7) is 7.89. The number of hydrogen-bond acceptors (Lipinski definition) is 9. The molecule has 3 atom stereocenters. The Morgan fingerprint density at radius 1 is 1.14 bits per heavy atom. The van der Waals surface area contributed by atoms with E-state index in [0.717, 1.165) is 17.0 Å². The molecule has 0 saturated carbocycles. The number of nitrogens with one attached hydrogen (secondary N) is 4. The van der Waals surface area contributed by atoms with Crippen molar-refractivity contribution in [1.29, 1.82) is 0 Å². The number of amides is 3.